The molecule has 6 nitrogen and oxygen atoms in total. The van der Waals surface area contributed by atoms with Gasteiger partial charge in [-0.3, -0.25) is 0 Å². The van der Waals surface area contributed by atoms with Crippen LogP contribution in [0, 0.1) is 12.7 Å². The third kappa shape index (κ3) is 3.09. The number of aromatic nitrogens is 4. The molecular formula is C14H13ClFN5O. The number of halogens is 2. The Morgan fingerprint density at radius 1 is 1.36 bits per heavy atom. The summed E-state index contributed by atoms with van der Waals surface area (Å²) >= 11 is 5.98. The van der Waals surface area contributed by atoms with E-state index in [2.05, 4.69) is 15.2 Å². The molecule has 0 radical (unpaired) electrons. The number of nitrogen functional groups attached to an aromatic ring is 1. The highest BCUT2D eigenvalue weighted by Gasteiger charge is 2.12. The van der Waals surface area contributed by atoms with Crippen LogP contribution in [0.4, 0.5) is 10.2 Å². The average molecular weight is 322 g/mol. The Morgan fingerprint density at radius 2 is 2.18 bits per heavy atom. The molecule has 3 aromatic rings. The molecule has 22 heavy (non-hydrogen) atoms. The van der Waals surface area contributed by atoms with Crippen LogP contribution in [0.2, 0.25) is 5.02 Å². The van der Waals surface area contributed by atoms with E-state index in [0.29, 0.717) is 35.5 Å². The smallest absolute Gasteiger partial charge is 0.248 e. The van der Waals surface area contributed by atoms with Crippen LogP contribution in [-0.4, -0.2) is 19.9 Å². The maximum Gasteiger partial charge on any atom is 0.248 e. The van der Waals surface area contributed by atoms with E-state index < -0.39 is 0 Å². The Hall–Kier alpha value is -2.41. The number of rotatable bonds is 4. The van der Waals surface area contributed by atoms with Crippen LogP contribution < -0.4 is 5.73 Å². The third-order valence-corrected chi connectivity index (χ3v) is 3.44. The largest absolute Gasteiger partial charge is 0.384 e. The number of nitrogens with two attached hydrogens (primary N) is 1. The lowest BCUT2D eigenvalue weighted by atomic mass is 10.1. The quantitative estimate of drug-likeness (QED) is 0.798. The number of anilines is 1. The minimum atomic E-state index is -0.382. The summed E-state index contributed by atoms with van der Waals surface area (Å²) in [6.45, 7) is 2.15. The van der Waals surface area contributed by atoms with E-state index in [1.165, 1.54) is 12.1 Å². The highest BCUT2D eigenvalue weighted by atomic mass is 35.5. The first-order chi connectivity index (χ1) is 10.5. The van der Waals surface area contributed by atoms with E-state index in [0.717, 1.165) is 11.3 Å². The van der Waals surface area contributed by atoms with Crippen molar-refractivity contribution in [3.63, 3.8) is 0 Å². The lowest BCUT2D eigenvalue weighted by molar-refractivity contribution is 0.362. The Labute approximate surface area is 130 Å². The topological polar surface area (TPSA) is 82.8 Å². The van der Waals surface area contributed by atoms with E-state index in [9.17, 15) is 4.39 Å². The van der Waals surface area contributed by atoms with Crippen LogP contribution >= 0.6 is 11.6 Å². The van der Waals surface area contributed by atoms with Crippen LogP contribution in [0.25, 0.3) is 0 Å². The lowest BCUT2D eigenvalue weighted by Gasteiger charge is -2.00. The number of nitrogens with zero attached hydrogens (tertiary/aromatic N) is 4. The van der Waals surface area contributed by atoms with Crippen LogP contribution in [0.3, 0.4) is 0 Å². The zero-order chi connectivity index (χ0) is 15.7. The predicted molar refractivity (Wildman–Crippen MR) is 79.0 cm³/mol. The Balaban J connectivity index is 1.75. The molecule has 2 heterocycles. The first-order valence-corrected chi connectivity index (χ1v) is 6.94. The molecule has 0 saturated heterocycles. The molecule has 3 rings (SSSR count). The van der Waals surface area contributed by atoms with E-state index >= 15 is 0 Å². The molecule has 0 fully saturated rings. The summed E-state index contributed by atoms with van der Waals surface area (Å²) < 4.78 is 19.8. The van der Waals surface area contributed by atoms with Gasteiger partial charge in [-0.25, -0.2) is 9.07 Å². The minimum Gasteiger partial charge on any atom is -0.384 e. The fourth-order valence-electron chi connectivity index (χ4n) is 2.08. The van der Waals surface area contributed by atoms with E-state index in [-0.39, 0.29) is 5.82 Å². The van der Waals surface area contributed by atoms with Crippen molar-refractivity contribution in [3.05, 3.63) is 58.1 Å². The summed E-state index contributed by atoms with van der Waals surface area (Å²) in [6, 6.07) is 5.96. The van der Waals surface area contributed by atoms with E-state index in [4.69, 9.17) is 21.9 Å². The average Bonchev–Trinajstić information content (AvgIpc) is 3.00. The van der Waals surface area contributed by atoms with Crippen molar-refractivity contribution < 1.29 is 8.91 Å². The van der Waals surface area contributed by atoms with Gasteiger partial charge in [-0.1, -0.05) is 22.8 Å². The number of aryl methyl sites for hydroxylation is 1. The lowest BCUT2D eigenvalue weighted by Crippen LogP contribution is -2.06. The fourth-order valence-corrected chi connectivity index (χ4v) is 2.32. The summed E-state index contributed by atoms with van der Waals surface area (Å²) in [5.41, 5.74) is 7.35. The summed E-state index contributed by atoms with van der Waals surface area (Å²) in [6.07, 6.45) is 0.357. The normalized spacial score (nSPS) is 11.0. The molecule has 0 aliphatic heterocycles. The first-order valence-electron chi connectivity index (χ1n) is 6.56. The molecule has 2 aromatic heterocycles. The molecule has 1 aromatic carbocycles. The molecule has 114 valence electrons. The summed E-state index contributed by atoms with van der Waals surface area (Å²) in [5.74, 6) is 1.000. The van der Waals surface area contributed by atoms with E-state index in [1.54, 1.807) is 16.8 Å². The van der Waals surface area contributed by atoms with E-state index in [1.807, 2.05) is 6.92 Å². The van der Waals surface area contributed by atoms with Crippen molar-refractivity contribution in [1.29, 1.82) is 0 Å². The Kier molecular flexibility index (Phi) is 3.81. The zero-order valence-electron chi connectivity index (χ0n) is 11.8. The van der Waals surface area contributed by atoms with Gasteiger partial charge >= 0.3 is 0 Å². The van der Waals surface area contributed by atoms with Crippen LogP contribution in [0.5, 0.6) is 0 Å². The van der Waals surface area contributed by atoms with Crippen molar-refractivity contribution in [2.24, 2.45) is 0 Å². The summed E-state index contributed by atoms with van der Waals surface area (Å²) in [7, 11) is 0. The van der Waals surface area contributed by atoms with Gasteiger partial charge in [-0.15, -0.1) is 0 Å². The van der Waals surface area contributed by atoms with Crippen LogP contribution in [0.15, 0.2) is 28.8 Å². The Morgan fingerprint density at radius 3 is 2.86 bits per heavy atom. The van der Waals surface area contributed by atoms with Gasteiger partial charge in [0.15, 0.2) is 5.82 Å². The monoisotopic (exact) mass is 321 g/mol. The standard InChI is InChI=1S/C14H13ClFN5O/c1-8-4-12(17)21(19-8)7-14-18-13(20-22-14)5-9-2-3-10(16)6-11(9)15/h2-4,6H,5,7,17H2,1H3. The highest BCUT2D eigenvalue weighted by molar-refractivity contribution is 6.31. The van der Waals surface area contributed by atoms with Gasteiger partial charge in [0.1, 0.15) is 18.2 Å². The van der Waals surface area contributed by atoms with Crippen molar-refractivity contribution >= 4 is 17.4 Å². The molecular weight excluding hydrogens is 309 g/mol. The summed E-state index contributed by atoms with van der Waals surface area (Å²) in [4.78, 5) is 4.27. The zero-order valence-corrected chi connectivity index (χ0v) is 12.5. The summed E-state index contributed by atoms with van der Waals surface area (Å²) in [5, 5.41) is 8.44. The second-order valence-corrected chi connectivity index (χ2v) is 5.29. The fraction of sp³-hybridized carbons (Fsp3) is 0.214. The molecule has 0 atom stereocenters. The molecule has 2 N–H and O–H groups in total. The Bertz CT molecular complexity index is 813. The van der Waals surface area contributed by atoms with Crippen molar-refractivity contribution in [3.8, 4) is 0 Å². The molecule has 0 bridgehead atoms. The molecule has 0 aliphatic rings. The molecule has 8 heteroatoms. The molecule has 0 aliphatic carbocycles. The van der Waals surface area contributed by atoms with Crippen LogP contribution in [-0.2, 0) is 13.0 Å². The number of hydrogen-bond acceptors (Lipinski definition) is 5. The van der Waals surface area contributed by atoms with Crippen LogP contribution in [0.1, 0.15) is 23.0 Å². The SMILES string of the molecule is Cc1cc(N)n(Cc2nc(Cc3ccc(F)cc3Cl)no2)n1. The maximum absolute atomic E-state index is 13.0. The van der Waals surface area contributed by atoms with Crippen molar-refractivity contribution in [2.75, 3.05) is 5.73 Å². The second kappa shape index (κ2) is 5.76. The maximum atomic E-state index is 13.0. The molecule has 0 saturated carbocycles. The molecule has 0 amide bonds. The second-order valence-electron chi connectivity index (χ2n) is 4.89. The third-order valence-electron chi connectivity index (χ3n) is 3.09. The highest BCUT2D eigenvalue weighted by Crippen LogP contribution is 2.19. The first kappa shape index (κ1) is 14.5. The molecule has 0 spiro atoms. The van der Waals surface area contributed by atoms with Gasteiger partial charge in [-0.2, -0.15) is 10.1 Å². The number of hydrogen-bond donors (Lipinski definition) is 1. The van der Waals surface area contributed by atoms with Gasteiger partial charge in [0.05, 0.1) is 5.69 Å². The van der Waals surface area contributed by atoms with Gasteiger partial charge in [-0.05, 0) is 24.6 Å². The van der Waals surface area contributed by atoms with Gasteiger partial charge in [0, 0.05) is 17.5 Å². The van der Waals surface area contributed by atoms with Gasteiger partial charge in [0.25, 0.3) is 0 Å². The van der Waals surface area contributed by atoms with Crippen molar-refractivity contribution in [2.45, 2.75) is 19.9 Å². The van der Waals surface area contributed by atoms with Gasteiger partial charge < -0.3 is 10.3 Å². The predicted octanol–water partition coefficient (Wildman–Crippen LogP) is 2.59. The molecule has 0 unspecified atom stereocenters. The number of benzene rings is 1. The van der Waals surface area contributed by atoms with Crippen molar-refractivity contribution in [1.82, 2.24) is 19.9 Å². The van der Waals surface area contributed by atoms with Gasteiger partial charge in [0.2, 0.25) is 5.89 Å². The minimum absolute atomic E-state index is 0.295.